The van der Waals surface area contributed by atoms with E-state index in [0.29, 0.717) is 12.1 Å². The van der Waals surface area contributed by atoms with Crippen LogP contribution in [-0.4, -0.2) is 4.92 Å². The van der Waals surface area contributed by atoms with Crippen LogP contribution in [0.2, 0.25) is 0 Å². The predicted molar refractivity (Wildman–Crippen MR) is 79.5 cm³/mol. The molecule has 0 atom stereocenters. The normalized spacial score (nSPS) is 10.2. The molecular weight excluding hydrogens is 362 g/mol. The van der Waals surface area contributed by atoms with E-state index in [2.05, 4.69) is 27.9 Å². The van der Waals surface area contributed by atoms with Crippen molar-refractivity contribution in [1.82, 2.24) is 0 Å². The molecule has 1 N–H and O–H groups in total. The van der Waals surface area contributed by atoms with Gasteiger partial charge in [0.15, 0.2) is 0 Å². The highest BCUT2D eigenvalue weighted by atomic mass is 127. The Labute approximate surface area is 122 Å². The standard InChI is InChI=1S/C13H10FIN2O2/c14-10-4-9(5-13(6-10)17(18)19)8-16-12-3-1-2-11(15)7-12/h1-7,16H,8H2. The Morgan fingerprint density at radius 2 is 2.05 bits per heavy atom. The number of benzene rings is 2. The molecule has 19 heavy (non-hydrogen) atoms. The molecule has 98 valence electrons. The minimum atomic E-state index is -0.603. The zero-order valence-electron chi connectivity index (χ0n) is 9.77. The van der Waals surface area contributed by atoms with Crippen molar-refractivity contribution in [3.63, 3.8) is 0 Å². The van der Waals surface area contributed by atoms with E-state index in [1.54, 1.807) is 0 Å². The summed E-state index contributed by atoms with van der Waals surface area (Å²) < 4.78 is 14.3. The van der Waals surface area contributed by atoms with E-state index < -0.39 is 10.7 Å². The van der Waals surface area contributed by atoms with E-state index in [1.807, 2.05) is 24.3 Å². The van der Waals surface area contributed by atoms with Crippen molar-refractivity contribution >= 4 is 34.0 Å². The third-order valence-corrected chi connectivity index (χ3v) is 3.15. The lowest BCUT2D eigenvalue weighted by molar-refractivity contribution is -0.385. The average molecular weight is 372 g/mol. The van der Waals surface area contributed by atoms with Crippen LogP contribution in [0, 0.1) is 19.5 Å². The van der Waals surface area contributed by atoms with Crippen molar-refractivity contribution in [1.29, 1.82) is 0 Å². The number of nitro benzene ring substituents is 1. The molecule has 0 aliphatic rings. The molecule has 0 aliphatic carbocycles. The van der Waals surface area contributed by atoms with Gasteiger partial charge in [-0.15, -0.1) is 0 Å². The van der Waals surface area contributed by atoms with E-state index in [0.717, 1.165) is 15.3 Å². The first-order valence-electron chi connectivity index (χ1n) is 5.48. The molecule has 2 aromatic rings. The maximum Gasteiger partial charge on any atom is 0.272 e. The van der Waals surface area contributed by atoms with Crippen LogP contribution in [0.15, 0.2) is 42.5 Å². The highest BCUT2D eigenvalue weighted by molar-refractivity contribution is 14.1. The fourth-order valence-corrected chi connectivity index (χ4v) is 2.19. The van der Waals surface area contributed by atoms with Gasteiger partial charge in [-0.2, -0.15) is 0 Å². The van der Waals surface area contributed by atoms with Gasteiger partial charge in [0, 0.05) is 21.9 Å². The van der Waals surface area contributed by atoms with Crippen LogP contribution in [0.4, 0.5) is 15.8 Å². The summed E-state index contributed by atoms with van der Waals surface area (Å²) in [7, 11) is 0. The van der Waals surface area contributed by atoms with Crippen molar-refractivity contribution in [3.05, 3.63) is 67.5 Å². The maximum absolute atomic E-state index is 13.2. The average Bonchev–Trinajstić information content (AvgIpc) is 2.36. The van der Waals surface area contributed by atoms with Crippen molar-refractivity contribution in [2.75, 3.05) is 5.32 Å². The number of hydrogen-bond donors (Lipinski definition) is 1. The summed E-state index contributed by atoms with van der Waals surface area (Å²) in [6.07, 6.45) is 0. The highest BCUT2D eigenvalue weighted by Crippen LogP contribution is 2.18. The third kappa shape index (κ3) is 3.88. The summed E-state index contributed by atoms with van der Waals surface area (Å²) in [5.41, 5.74) is 1.18. The van der Waals surface area contributed by atoms with Crippen LogP contribution < -0.4 is 5.32 Å². The van der Waals surface area contributed by atoms with E-state index in [4.69, 9.17) is 0 Å². The number of nitrogens with zero attached hydrogens (tertiary/aromatic N) is 1. The summed E-state index contributed by atoms with van der Waals surface area (Å²) in [6.45, 7) is 0.332. The number of halogens is 2. The van der Waals surface area contributed by atoms with Gasteiger partial charge in [-0.25, -0.2) is 4.39 Å². The molecule has 0 fully saturated rings. The van der Waals surface area contributed by atoms with Crippen LogP contribution in [0.5, 0.6) is 0 Å². The second-order valence-corrected chi connectivity index (χ2v) is 5.18. The molecule has 2 rings (SSSR count). The molecule has 6 heteroatoms. The topological polar surface area (TPSA) is 55.2 Å². The van der Waals surface area contributed by atoms with Gasteiger partial charge in [-0.05, 0) is 52.4 Å². The zero-order chi connectivity index (χ0) is 13.8. The van der Waals surface area contributed by atoms with Gasteiger partial charge in [0.2, 0.25) is 0 Å². The zero-order valence-corrected chi connectivity index (χ0v) is 11.9. The Kier molecular flexibility index (Phi) is 4.31. The largest absolute Gasteiger partial charge is 0.381 e. The Bertz CT molecular complexity index is 619. The number of nitrogens with one attached hydrogen (secondary N) is 1. The maximum atomic E-state index is 13.2. The van der Waals surface area contributed by atoms with Gasteiger partial charge in [-0.3, -0.25) is 10.1 Å². The molecule has 0 heterocycles. The minimum Gasteiger partial charge on any atom is -0.381 e. The second-order valence-electron chi connectivity index (χ2n) is 3.94. The quantitative estimate of drug-likeness (QED) is 0.502. The van der Waals surface area contributed by atoms with Crippen molar-refractivity contribution in [2.45, 2.75) is 6.54 Å². The molecule has 0 unspecified atom stereocenters. The Morgan fingerprint density at radius 3 is 2.74 bits per heavy atom. The molecule has 0 saturated carbocycles. The van der Waals surface area contributed by atoms with Gasteiger partial charge >= 0.3 is 0 Å². The number of hydrogen-bond acceptors (Lipinski definition) is 3. The summed E-state index contributed by atoms with van der Waals surface area (Å²) >= 11 is 2.19. The lowest BCUT2D eigenvalue weighted by Gasteiger charge is -2.07. The molecule has 0 bridgehead atoms. The second kappa shape index (κ2) is 5.96. The van der Waals surface area contributed by atoms with E-state index in [1.165, 1.54) is 12.1 Å². The third-order valence-electron chi connectivity index (χ3n) is 2.47. The number of nitro groups is 1. The molecule has 0 amide bonds. The first-order chi connectivity index (χ1) is 9.04. The minimum absolute atomic E-state index is 0.237. The van der Waals surface area contributed by atoms with Crippen LogP contribution in [0.1, 0.15) is 5.56 Å². The lowest BCUT2D eigenvalue weighted by Crippen LogP contribution is -2.01. The molecule has 2 aromatic carbocycles. The van der Waals surface area contributed by atoms with E-state index >= 15 is 0 Å². The van der Waals surface area contributed by atoms with E-state index in [9.17, 15) is 14.5 Å². The van der Waals surface area contributed by atoms with Crippen LogP contribution >= 0.6 is 22.6 Å². The molecular formula is C13H10FIN2O2. The van der Waals surface area contributed by atoms with Gasteiger partial charge in [-0.1, -0.05) is 6.07 Å². The Morgan fingerprint density at radius 1 is 1.26 bits per heavy atom. The van der Waals surface area contributed by atoms with Crippen LogP contribution in [0.3, 0.4) is 0 Å². The first-order valence-corrected chi connectivity index (χ1v) is 6.56. The molecule has 4 nitrogen and oxygen atoms in total. The number of anilines is 1. The van der Waals surface area contributed by atoms with Gasteiger partial charge < -0.3 is 5.32 Å². The molecule has 0 saturated heterocycles. The summed E-state index contributed by atoms with van der Waals surface area (Å²) in [4.78, 5) is 10.0. The fourth-order valence-electron chi connectivity index (χ4n) is 1.64. The molecule has 0 spiro atoms. The number of non-ortho nitro benzene ring substituents is 1. The molecule has 0 aromatic heterocycles. The summed E-state index contributed by atoms with van der Waals surface area (Å²) in [5.74, 6) is -0.603. The summed E-state index contributed by atoms with van der Waals surface area (Å²) in [6, 6.07) is 11.2. The Hall–Kier alpha value is -1.70. The first kappa shape index (κ1) is 13.7. The van der Waals surface area contributed by atoms with Crippen LogP contribution in [0.25, 0.3) is 0 Å². The van der Waals surface area contributed by atoms with Crippen molar-refractivity contribution in [2.24, 2.45) is 0 Å². The van der Waals surface area contributed by atoms with Gasteiger partial charge in [0.25, 0.3) is 5.69 Å². The highest BCUT2D eigenvalue weighted by Gasteiger charge is 2.09. The van der Waals surface area contributed by atoms with Crippen molar-refractivity contribution in [3.8, 4) is 0 Å². The predicted octanol–water partition coefficient (Wildman–Crippen LogP) is 3.95. The van der Waals surface area contributed by atoms with Gasteiger partial charge in [0.1, 0.15) is 5.82 Å². The summed E-state index contributed by atoms with van der Waals surface area (Å²) in [5, 5.41) is 13.7. The van der Waals surface area contributed by atoms with Crippen LogP contribution in [-0.2, 0) is 6.54 Å². The van der Waals surface area contributed by atoms with Crippen molar-refractivity contribution < 1.29 is 9.31 Å². The fraction of sp³-hybridized carbons (Fsp3) is 0.0769. The van der Waals surface area contributed by atoms with E-state index in [-0.39, 0.29) is 5.69 Å². The molecule has 0 radical (unpaired) electrons. The monoisotopic (exact) mass is 372 g/mol. The lowest BCUT2D eigenvalue weighted by atomic mass is 10.2. The Balaban J connectivity index is 2.13. The smallest absolute Gasteiger partial charge is 0.272 e. The number of rotatable bonds is 4. The molecule has 0 aliphatic heterocycles. The SMILES string of the molecule is O=[N+]([O-])c1cc(F)cc(CNc2cccc(I)c2)c1. The van der Waals surface area contributed by atoms with Gasteiger partial charge in [0.05, 0.1) is 11.0 Å².